The molecular formula is C34H44N4O10S3. The summed E-state index contributed by atoms with van der Waals surface area (Å²) in [7, 11) is -8.51. The molecule has 3 rings (SSSR count). The lowest BCUT2D eigenvalue weighted by Crippen LogP contribution is -2.51. The lowest BCUT2D eigenvalue weighted by Gasteiger charge is -2.31. The van der Waals surface area contributed by atoms with Gasteiger partial charge in [-0.15, -0.1) is 0 Å². The van der Waals surface area contributed by atoms with Gasteiger partial charge in [-0.3, -0.25) is 4.79 Å². The second-order valence-electron chi connectivity index (χ2n) is 12.1. The van der Waals surface area contributed by atoms with Gasteiger partial charge in [-0.1, -0.05) is 61.5 Å². The first-order valence-corrected chi connectivity index (χ1v) is 20.2. The number of rotatable bonds is 20. The number of aliphatic carboxylic acids is 1. The number of nitrogens with one attached hydrogen (secondary N) is 1. The molecule has 0 spiro atoms. The Morgan fingerprint density at radius 2 is 1.55 bits per heavy atom. The molecule has 0 aliphatic heterocycles. The van der Waals surface area contributed by atoms with Crippen LogP contribution < -0.4 is 9.79 Å². The van der Waals surface area contributed by atoms with Crippen LogP contribution in [0.15, 0.2) is 93.8 Å². The van der Waals surface area contributed by atoms with Crippen LogP contribution in [0.25, 0.3) is 0 Å². The number of nitrogens with zero attached hydrogens (tertiary/aromatic N) is 3. The Bertz CT molecular complexity index is 1820. The molecule has 0 saturated heterocycles. The number of aliphatic hydroxyl groups excluding tert-OH is 1. The van der Waals surface area contributed by atoms with E-state index in [0.717, 1.165) is 22.5 Å². The zero-order chi connectivity index (χ0) is 37.8. The molecule has 0 aromatic heterocycles. The zero-order valence-electron chi connectivity index (χ0n) is 28.7. The number of benzene rings is 3. The maximum absolute atomic E-state index is 13.8. The minimum Gasteiger partial charge on any atom is -0.480 e. The van der Waals surface area contributed by atoms with E-state index in [1.54, 1.807) is 36.6 Å². The fourth-order valence-corrected chi connectivity index (χ4v) is 8.47. The number of carboxylic acid groups (broad SMARTS) is 1. The predicted octanol–water partition coefficient (Wildman–Crippen LogP) is 3.58. The number of oxime groups is 1. The van der Waals surface area contributed by atoms with Crippen LogP contribution in [-0.2, 0) is 40.9 Å². The molecule has 0 unspecified atom stereocenters. The number of sulfonamides is 2. The van der Waals surface area contributed by atoms with Crippen LogP contribution in [0.5, 0.6) is 0 Å². The van der Waals surface area contributed by atoms with E-state index in [2.05, 4.69) is 9.88 Å². The molecule has 3 aromatic carbocycles. The van der Waals surface area contributed by atoms with Crippen LogP contribution in [0, 0.1) is 5.92 Å². The highest BCUT2D eigenvalue weighted by Gasteiger charge is 2.34. The highest BCUT2D eigenvalue weighted by atomic mass is 32.2. The van der Waals surface area contributed by atoms with Gasteiger partial charge in [0.05, 0.1) is 33.8 Å². The third-order valence-electron chi connectivity index (χ3n) is 7.55. The summed E-state index contributed by atoms with van der Waals surface area (Å²) in [4.78, 5) is 28.8. The Morgan fingerprint density at radius 1 is 0.941 bits per heavy atom. The summed E-state index contributed by atoms with van der Waals surface area (Å²) >= 11 is 1.41. The van der Waals surface area contributed by atoms with Gasteiger partial charge in [0, 0.05) is 20.0 Å². The fraction of sp³-hybridized carbons (Fsp3) is 0.382. The Labute approximate surface area is 303 Å². The quantitative estimate of drug-likeness (QED) is 0.0741. The Hall–Kier alpha value is -4.00. The zero-order valence-corrected chi connectivity index (χ0v) is 31.1. The number of carboxylic acids is 1. The molecular weight excluding hydrogens is 721 g/mol. The Morgan fingerprint density at radius 3 is 2.08 bits per heavy atom. The van der Waals surface area contributed by atoms with Crippen LogP contribution in [0.1, 0.15) is 38.3 Å². The fourth-order valence-electron chi connectivity index (χ4n) is 5.12. The van der Waals surface area contributed by atoms with Crippen molar-refractivity contribution in [2.24, 2.45) is 11.1 Å². The second-order valence-corrected chi connectivity index (χ2v) is 16.7. The normalized spacial score (nSPS) is 14.0. The molecule has 0 heterocycles. The summed E-state index contributed by atoms with van der Waals surface area (Å²) in [5.74, 6) is -1.69. The molecule has 51 heavy (non-hydrogen) atoms. The summed E-state index contributed by atoms with van der Waals surface area (Å²) < 4.78 is 58.8. The van der Waals surface area contributed by atoms with Crippen molar-refractivity contribution in [3.8, 4) is 0 Å². The van der Waals surface area contributed by atoms with Crippen LogP contribution in [0.2, 0.25) is 0 Å². The van der Waals surface area contributed by atoms with Gasteiger partial charge < -0.3 is 20.3 Å². The van der Waals surface area contributed by atoms with Gasteiger partial charge >= 0.3 is 11.9 Å². The van der Waals surface area contributed by atoms with E-state index in [4.69, 9.17) is 10.0 Å². The molecule has 17 heteroatoms. The van der Waals surface area contributed by atoms with E-state index in [1.165, 1.54) is 60.3 Å². The van der Waals surface area contributed by atoms with Crippen molar-refractivity contribution in [1.29, 1.82) is 0 Å². The maximum atomic E-state index is 13.8. The van der Waals surface area contributed by atoms with Crippen LogP contribution >= 0.6 is 11.8 Å². The molecule has 0 saturated carbocycles. The average Bonchev–Trinajstić information content (AvgIpc) is 3.07. The number of hydroxylamine groups is 1. The lowest BCUT2D eigenvalue weighted by molar-refractivity contribution is -0.148. The van der Waals surface area contributed by atoms with Gasteiger partial charge in [0.2, 0.25) is 20.0 Å². The van der Waals surface area contributed by atoms with Crippen molar-refractivity contribution in [2.45, 2.75) is 61.6 Å². The van der Waals surface area contributed by atoms with E-state index >= 15 is 0 Å². The van der Waals surface area contributed by atoms with Gasteiger partial charge in [0.1, 0.15) is 0 Å². The number of thioether (sulfide) groups is 1. The van der Waals surface area contributed by atoms with Gasteiger partial charge in [-0.2, -0.15) is 21.1 Å². The first kappa shape index (κ1) is 41.4. The first-order valence-electron chi connectivity index (χ1n) is 15.9. The van der Waals surface area contributed by atoms with Gasteiger partial charge in [-0.05, 0) is 78.3 Å². The largest absolute Gasteiger partial charge is 0.480 e. The van der Waals surface area contributed by atoms with Crippen molar-refractivity contribution in [3.63, 3.8) is 0 Å². The molecule has 0 fully saturated rings. The maximum Gasteiger partial charge on any atom is 0.330 e. The Kier molecular flexibility index (Phi) is 15.4. The second kappa shape index (κ2) is 19.0. The van der Waals surface area contributed by atoms with E-state index < -0.39 is 56.7 Å². The van der Waals surface area contributed by atoms with E-state index in [1.807, 2.05) is 13.8 Å². The minimum absolute atomic E-state index is 0.0139. The summed E-state index contributed by atoms with van der Waals surface area (Å²) in [5.41, 5.74) is 1.28. The van der Waals surface area contributed by atoms with E-state index in [0.29, 0.717) is 16.9 Å². The molecule has 0 aliphatic rings. The SMILES string of the molecule is CSCC[C@@H](C(=O)O)N(OC(C)=O)c1ccc(S(=O)(=O)N[C@@H](Cc2ccccc2)[C@H](O)CN(CC(C)C)S(=O)(=O)c2ccc(/C=N/O)cc2)cc1. The summed E-state index contributed by atoms with van der Waals surface area (Å²) in [6, 6.07) is 17.1. The minimum atomic E-state index is -4.35. The lowest BCUT2D eigenvalue weighted by atomic mass is 10.0. The highest BCUT2D eigenvalue weighted by Crippen LogP contribution is 2.25. The van der Waals surface area contributed by atoms with Crippen LogP contribution in [0.3, 0.4) is 0 Å². The number of carbonyl (C=O) groups is 2. The molecule has 14 nitrogen and oxygen atoms in total. The van der Waals surface area contributed by atoms with Crippen molar-refractivity contribution in [1.82, 2.24) is 9.03 Å². The number of anilines is 1. The molecule has 278 valence electrons. The average molecular weight is 765 g/mol. The number of hydrogen-bond acceptors (Lipinski definition) is 12. The third-order valence-corrected chi connectivity index (χ3v) is 11.5. The molecule has 0 amide bonds. The van der Waals surface area contributed by atoms with Crippen molar-refractivity contribution in [3.05, 3.63) is 90.0 Å². The van der Waals surface area contributed by atoms with Crippen LogP contribution in [0.4, 0.5) is 5.69 Å². The molecule has 0 radical (unpaired) electrons. The summed E-state index contributed by atoms with van der Waals surface area (Å²) in [6.45, 7) is 4.34. The number of hydrogen-bond donors (Lipinski definition) is 4. The topological polar surface area (TPSA) is 203 Å². The Balaban J connectivity index is 1.95. The highest BCUT2D eigenvalue weighted by molar-refractivity contribution is 7.98. The van der Waals surface area contributed by atoms with Crippen LogP contribution in [-0.4, -0.2) is 98.0 Å². The monoisotopic (exact) mass is 764 g/mol. The van der Waals surface area contributed by atoms with Crippen molar-refractivity contribution < 1.29 is 46.7 Å². The third kappa shape index (κ3) is 12.0. The standard InChI is InChI=1S/C34H44N4O10S3/c1-24(2)22-37(51(46,47)30-14-10-27(11-15-30)21-35-43)23-33(40)31(20-26-8-6-5-7-9-26)36-50(44,45)29-16-12-28(13-17-29)38(48-25(3)39)32(34(41)42)18-19-49-4/h5-17,21,24,31-33,36,40,43H,18-20,22-23H2,1-4H3,(H,41,42)/b35-21+/t31-,32-,33+/m0/s1. The number of aliphatic hydroxyl groups is 1. The molecule has 0 bridgehead atoms. The van der Waals surface area contributed by atoms with Crippen molar-refractivity contribution >= 4 is 55.6 Å². The molecule has 3 aromatic rings. The predicted molar refractivity (Wildman–Crippen MR) is 195 cm³/mol. The van der Waals surface area contributed by atoms with E-state index in [-0.39, 0.29) is 40.8 Å². The first-order chi connectivity index (χ1) is 24.1. The molecule has 0 aliphatic carbocycles. The smallest absolute Gasteiger partial charge is 0.330 e. The molecule has 3 atom stereocenters. The van der Waals surface area contributed by atoms with E-state index in [9.17, 15) is 36.6 Å². The van der Waals surface area contributed by atoms with Gasteiger partial charge in [0.15, 0.2) is 6.04 Å². The van der Waals surface area contributed by atoms with Gasteiger partial charge in [0.25, 0.3) is 0 Å². The van der Waals surface area contributed by atoms with Gasteiger partial charge in [-0.25, -0.2) is 26.4 Å². The molecule has 4 N–H and O–H groups in total. The summed E-state index contributed by atoms with van der Waals surface area (Å²) in [5, 5.41) is 34.1. The number of carbonyl (C=O) groups excluding carboxylic acids is 1. The van der Waals surface area contributed by atoms with Crippen molar-refractivity contribution in [2.75, 3.05) is 30.2 Å². The summed E-state index contributed by atoms with van der Waals surface area (Å²) in [6.07, 6.45) is 1.59.